The second-order valence-corrected chi connectivity index (χ2v) is 5.80. The molecule has 2 rings (SSSR count). The molecule has 0 atom stereocenters. The van der Waals surface area contributed by atoms with E-state index in [1.807, 2.05) is 36.1 Å². The number of hydrogen-bond acceptors (Lipinski definition) is 4. The number of nitrogens with one attached hydrogen (secondary N) is 1. The third-order valence-electron chi connectivity index (χ3n) is 3.55. The van der Waals surface area contributed by atoms with E-state index >= 15 is 0 Å². The van der Waals surface area contributed by atoms with E-state index in [0.29, 0.717) is 0 Å². The lowest BCUT2D eigenvalue weighted by molar-refractivity contribution is 0.0704. The van der Waals surface area contributed by atoms with Crippen molar-refractivity contribution in [3.63, 3.8) is 0 Å². The lowest BCUT2D eigenvalue weighted by Crippen LogP contribution is -2.46. The van der Waals surface area contributed by atoms with Crippen LogP contribution in [-0.4, -0.2) is 60.4 Å². The fraction of sp³-hybridized carbons (Fsp3) is 0.467. The van der Waals surface area contributed by atoms with Gasteiger partial charge in [-0.25, -0.2) is 4.31 Å². The summed E-state index contributed by atoms with van der Waals surface area (Å²) in [6, 6.07) is 7.60. The third kappa shape index (κ3) is 4.22. The van der Waals surface area contributed by atoms with Crippen LogP contribution in [0.4, 0.5) is 5.69 Å². The summed E-state index contributed by atoms with van der Waals surface area (Å²) in [5, 5.41) is 3.17. The Kier molecular flexibility index (Phi) is 5.64. The van der Waals surface area contributed by atoms with Gasteiger partial charge in [-0.1, -0.05) is 18.0 Å². The molecule has 1 aromatic carbocycles. The summed E-state index contributed by atoms with van der Waals surface area (Å²) in [6.07, 6.45) is 2.07. The van der Waals surface area contributed by atoms with E-state index < -0.39 is 0 Å². The second kappa shape index (κ2) is 7.47. The normalized spacial score (nSPS) is 16.9. The number of benzene rings is 1. The van der Waals surface area contributed by atoms with Gasteiger partial charge in [-0.2, -0.15) is 0 Å². The highest BCUT2D eigenvalue weighted by atomic mass is 32.2. The van der Waals surface area contributed by atoms with Crippen molar-refractivity contribution in [3.8, 4) is 0 Å². The zero-order valence-electron chi connectivity index (χ0n) is 12.8. The number of aliphatic imine (C=N–C) groups is 1. The number of nitrogens with zero attached hydrogens (tertiary/aromatic N) is 3. The first kappa shape index (κ1) is 15.9. The Labute approximate surface area is 130 Å². The Morgan fingerprint density at radius 2 is 2.00 bits per heavy atom. The Hall–Kier alpha value is -1.53. The molecule has 0 unspecified atom stereocenters. The van der Waals surface area contributed by atoms with E-state index in [1.165, 1.54) is 0 Å². The van der Waals surface area contributed by atoms with E-state index in [-0.39, 0.29) is 5.91 Å². The number of amidine groups is 1. The van der Waals surface area contributed by atoms with Gasteiger partial charge in [-0.3, -0.25) is 9.79 Å². The summed E-state index contributed by atoms with van der Waals surface area (Å²) in [5.74, 6) is 0.929. The van der Waals surface area contributed by atoms with Crippen molar-refractivity contribution in [1.29, 1.82) is 0 Å². The minimum atomic E-state index is 0.102. The topological polar surface area (TPSA) is 47.9 Å². The summed E-state index contributed by atoms with van der Waals surface area (Å²) >= 11 is 1.74. The van der Waals surface area contributed by atoms with Crippen molar-refractivity contribution in [2.45, 2.75) is 6.92 Å². The molecule has 5 nitrogen and oxygen atoms in total. The zero-order valence-corrected chi connectivity index (χ0v) is 13.6. The molecule has 1 fully saturated rings. The fourth-order valence-electron chi connectivity index (χ4n) is 2.25. The molecule has 1 saturated heterocycles. The van der Waals surface area contributed by atoms with Crippen LogP contribution in [0, 0.1) is 0 Å². The molecule has 0 aromatic heterocycles. The number of amides is 1. The molecule has 0 bridgehead atoms. The maximum Gasteiger partial charge on any atom is 0.254 e. The molecule has 0 aliphatic carbocycles. The summed E-state index contributed by atoms with van der Waals surface area (Å²) in [6.45, 7) is 5.31. The highest BCUT2D eigenvalue weighted by Crippen LogP contribution is 2.16. The highest BCUT2D eigenvalue weighted by Gasteiger charge is 2.21. The molecule has 21 heavy (non-hydrogen) atoms. The molecular formula is C15H22N4OS. The van der Waals surface area contributed by atoms with Crippen LogP contribution >= 0.6 is 11.9 Å². The quantitative estimate of drug-likeness (QED) is 0.528. The van der Waals surface area contributed by atoms with Crippen molar-refractivity contribution in [3.05, 3.63) is 29.8 Å². The van der Waals surface area contributed by atoms with Crippen LogP contribution in [0.15, 0.2) is 29.3 Å². The van der Waals surface area contributed by atoms with Crippen LogP contribution in [0.3, 0.4) is 0 Å². The van der Waals surface area contributed by atoms with Gasteiger partial charge in [0.1, 0.15) is 0 Å². The number of anilines is 1. The summed E-state index contributed by atoms with van der Waals surface area (Å²) in [7, 11) is 1.74. The monoisotopic (exact) mass is 306 g/mol. The van der Waals surface area contributed by atoms with Crippen molar-refractivity contribution in [1.82, 2.24) is 9.21 Å². The lowest BCUT2D eigenvalue weighted by atomic mass is 10.1. The Bertz CT molecular complexity index is 524. The summed E-state index contributed by atoms with van der Waals surface area (Å²) < 4.78 is 2.28. The van der Waals surface area contributed by atoms with Crippen LogP contribution in [0.1, 0.15) is 17.3 Å². The van der Waals surface area contributed by atoms with Crippen LogP contribution in [0.2, 0.25) is 0 Å². The lowest BCUT2D eigenvalue weighted by Gasteiger charge is -2.33. The standard InChI is InChI=1S/C15H22N4OS/c1-12(16-2)17-14-6-4-5-13(11-14)15(20)18-7-9-19(21-3)10-8-18/h4-6,11H,7-10H2,1-3H3,(H,16,17). The maximum atomic E-state index is 12.5. The molecule has 0 radical (unpaired) electrons. The van der Waals surface area contributed by atoms with Gasteiger partial charge >= 0.3 is 0 Å². The number of carbonyl (C=O) groups is 1. The second-order valence-electron chi connectivity index (χ2n) is 4.92. The third-order valence-corrected chi connectivity index (χ3v) is 4.44. The van der Waals surface area contributed by atoms with E-state index in [4.69, 9.17) is 0 Å². The molecule has 1 heterocycles. The molecule has 0 spiro atoms. The maximum absolute atomic E-state index is 12.5. The minimum absolute atomic E-state index is 0.102. The molecule has 1 aliphatic heterocycles. The van der Waals surface area contributed by atoms with E-state index in [2.05, 4.69) is 20.9 Å². The number of piperazine rings is 1. The van der Waals surface area contributed by atoms with Gasteiger partial charge in [-0.15, -0.1) is 0 Å². The Morgan fingerprint density at radius 3 is 2.62 bits per heavy atom. The molecule has 1 aliphatic rings. The predicted octanol–water partition coefficient (Wildman–Crippen LogP) is 2.18. The zero-order chi connectivity index (χ0) is 15.2. The summed E-state index contributed by atoms with van der Waals surface area (Å²) in [5.41, 5.74) is 1.62. The first-order valence-electron chi connectivity index (χ1n) is 7.03. The van der Waals surface area contributed by atoms with Gasteiger partial charge < -0.3 is 10.2 Å². The molecular weight excluding hydrogens is 284 g/mol. The average Bonchev–Trinajstić information content (AvgIpc) is 2.54. The van der Waals surface area contributed by atoms with Gasteiger partial charge in [0.15, 0.2) is 0 Å². The van der Waals surface area contributed by atoms with Crippen molar-refractivity contribution >= 4 is 29.4 Å². The van der Waals surface area contributed by atoms with Gasteiger partial charge in [0.25, 0.3) is 5.91 Å². The van der Waals surface area contributed by atoms with Gasteiger partial charge in [0.05, 0.1) is 5.84 Å². The van der Waals surface area contributed by atoms with E-state index in [9.17, 15) is 4.79 Å². The Balaban J connectivity index is 2.04. The van der Waals surface area contributed by atoms with Crippen LogP contribution in [0.5, 0.6) is 0 Å². The first-order chi connectivity index (χ1) is 10.1. The smallest absolute Gasteiger partial charge is 0.254 e. The largest absolute Gasteiger partial charge is 0.344 e. The molecule has 0 saturated carbocycles. The Morgan fingerprint density at radius 1 is 1.29 bits per heavy atom. The van der Waals surface area contributed by atoms with Crippen LogP contribution in [0.25, 0.3) is 0 Å². The van der Waals surface area contributed by atoms with Crippen molar-refractivity contribution < 1.29 is 4.79 Å². The molecule has 1 amide bonds. The van der Waals surface area contributed by atoms with Gasteiger partial charge in [-0.05, 0) is 31.4 Å². The molecule has 1 N–H and O–H groups in total. The van der Waals surface area contributed by atoms with Crippen molar-refractivity contribution in [2.24, 2.45) is 4.99 Å². The molecule has 6 heteroatoms. The van der Waals surface area contributed by atoms with Crippen LogP contribution < -0.4 is 5.32 Å². The average molecular weight is 306 g/mol. The first-order valence-corrected chi connectivity index (χ1v) is 8.21. The van der Waals surface area contributed by atoms with Gasteiger partial charge in [0.2, 0.25) is 0 Å². The molecule has 114 valence electrons. The summed E-state index contributed by atoms with van der Waals surface area (Å²) in [4.78, 5) is 18.5. The molecule has 1 aromatic rings. The van der Waals surface area contributed by atoms with Crippen molar-refractivity contribution in [2.75, 3.05) is 44.8 Å². The fourth-order valence-corrected chi connectivity index (χ4v) is 2.78. The highest BCUT2D eigenvalue weighted by molar-refractivity contribution is 7.96. The van der Waals surface area contributed by atoms with E-state index in [0.717, 1.165) is 43.3 Å². The minimum Gasteiger partial charge on any atom is -0.344 e. The number of rotatable bonds is 3. The number of carbonyl (C=O) groups excluding carboxylic acids is 1. The van der Waals surface area contributed by atoms with Gasteiger partial charge in [0, 0.05) is 44.5 Å². The number of hydrogen-bond donors (Lipinski definition) is 1. The predicted molar refractivity (Wildman–Crippen MR) is 90.1 cm³/mol. The van der Waals surface area contributed by atoms with E-state index in [1.54, 1.807) is 19.0 Å². The SMILES string of the molecule is CN=C(C)Nc1cccc(C(=O)N2CCN(SC)CC2)c1. The van der Waals surface area contributed by atoms with Crippen LogP contribution in [-0.2, 0) is 0 Å².